The predicted molar refractivity (Wildman–Crippen MR) is 146 cm³/mol. The van der Waals surface area contributed by atoms with E-state index >= 15 is 0 Å². The molecule has 0 aromatic rings. The predicted octanol–water partition coefficient (Wildman–Crippen LogP) is -9.08. The molecule has 0 radical (unpaired) electrons. The highest BCUT2D eigenvalue weighted by Crippen LogP contribution is 2.32. The Labute approximate surface area is 257 Å². The summed E-state index contributed by atoms with van der Waals surface area (Å²) in [7, 11) is -4.67. The molecule has 16 atom stereocenters. The number of rotatable bonds is 10. The molecule has 2 saturated heterocycles. The van der Waals surface area contributed by atoms with Crippen LogP contribution in [0.1, 0.15) is 12.8 Å². The molecule has 266 valence electrons. The molecule has 19 N–H and O–H groups in total. The van der Waals surface area contributed by atoms with E-state index in [-0.39, 0.29) is 25.9 Å². The number of ether oxygens (including phenoxy) is 4. The van der Waals surface area contributed by atoms with Crippen molar-refractivity contribution in [3.8, 4) is 0 Å². The molecule has 3 aliphatic rings. The molecule has 1 aliphatic carbocycles. The summed E-state index contributed by atoms with van der Waals surface area (Å²) in [4.78, 5) is 12.6. The smallest absolute Gasteiger partial charge is 0.394 e. The molecule has 0 spiro atoms. The summed E-state index contributed by atoms with van der Waals surface area (Å²) in [5.74, 6) is -0.845. The number of nitrogens with one attached hydrogen (secondary N) is 1. The Hall–Kier alpha value is -1.30. The first-order chi connectivity index (χ1) is 20.9. The van der Waals surface area contributed by atoms with Gasteiger partial charge in [0.1, 0.15) is 67.1 Å². The van der Waals surface area contributed by atoms with Crippen molar-refractivity contribution in [2.75, 3.05) is 19.7 Å². The van der Waals surface area contributed by atoms with Crippen molar-refractivity contribution in [2.24, 2.45) is 22.9 Å². The van der Waals surface area contributed by atoms with Crippen LogP contribution in [-0.4, -0.2) is 182 Å². The Bertz CT molecular complexity index is 1020. The summed E-state index contributed by atoms with van der Waals surface area (Å²) in [6, 6.07) is -3.45. The van der Waals surface area contributed by atoms with Gasteiger partial charge in [-0.1, -0.05) is 0 Å². The fourth-order valence-corrected chi connectivity index (χ4v) is 5.07. The summed E-state index contributed by atoms with van der Waals surface area (Å²) in [6.45, 7) is -0.898. The average molecular weight is 684 g/mol. The minimum absolute atomic E-state index is 0.0101. The van der Waals surface area contributed by atoms with Gasteiger partial charge in [-0.2, -0.15) is 8.42 Å². The Morgan fingerprint density at radius 2 is 1.38 bits per heavy atom. The number of hydrogen-bond donors (Lipinski definition) is 15. The molecule has 1 saturated carbocycles. The summed E-state index contributed by atoms with van der Waals surface area (Å²) in [5, 5.41) is 84.9. The zero-order valence-corrected chi connectivity index (χ0v) is 24.6. The molecule has 16 unspecified atom stereocenters. The number of nitrogens with two attached hydrogens (primary N) is 4. The van der Waals surface area contributed by atoms with Crippen LogP contribution in [0.3, 0.4) is 0 Å². The molecule has 1 amide bonds. The van der Waals surface area contributed by atoms with Crippen LogP contribution in [0, 0.1) is 0 Å². The second-order valence-electron chi connectivity index (χ2n) is 10.8. The topological polar surface area (TPSA) is 407 Å². The Kier molecular flexibility index (Phi) is 15.2. The van der Waals surface area contributed by atoms with Crippen LogP contribution in [-0.2, 0) is 34.1 Å². The van der Waals surface area contributed by atoms with Gasteiger partial charge in [0.15, 0.2) is 12.6 Å². The number of hydrogen-bond acceptors (Lipinski definition) is 19. The zero-order valence-electron chi connectivity index (χ0n) is 23.8. The van der Waals surface area contributed by atoms with Gasteiger partial charge >= 0.3 is 10.4 Å². The minimum Gasteiger partial charge on any atom is -0.394 e. The molecule has 2 aliphatic heterocycles. The minimum atomic E-state index is -4.67. The highest BCUT2D eigenvalue weighted by molar-refractivity contribution is 7.79. The summed E-state index contributed by atoms with van der Waals surface area (Å²) >= 11 is 0. The third kappa shape index (κ3) is 10.6. The highest BCUT2D eigenvalue weighted by Gasteiger charge is 2.52. The summed E-state index contributed by atoms with van der Waals surface area (Å²) in [5.41, 5.74) is 23.1. The van der Waals surface area contributed by atoms with E-state index in [4.69, 9.17) is 59.4 Å². The lowest BCUT2D eigenvalue weighted by atomic mass is 9.83. The first kappa shape index (κ1) is 39.9. The first-order valence-corrected chi connectivity index (χ1v) is 15.2. The molecular formula is C22H45N5O17S. The molecule has 45 heavy (non-hydrogen) atoms. The van der Waals surface area contributed by atoms with Gasteiger partial charge < -0.3 is 88.1 Å². The molecule has 0 aromatic carbocycles. The zero-order chi connectivity index (χ0) is 34.4. The largest absolute Gasteiger partial charge is 0.394 e. The van der Waals surface area contributed by atoms with Crippen molar-refractivity contribution in [3.05, 3.63) is 0 Å². The second kappa shape index (κ2) is 17.2. The van der Waals surface area contributed by atoms with E-state index in [1.807, 2.05) is 0 Å². The number of aliphatic hydroxyl groups excluding tert-OH is 8. The van der Waals surface area contributed by atoms with E-state index in [1.165, 1.54) is 0 Å². The molecular weight excluding hydrogens is 638 g/mol. The van der Waals surface area contributed by atoms with Crippen LogP contribution in [0.4, 0.5) is 0 Å². The van der Waals surface area contributed by atoms with E-state index in [9.17, 15) is 45.6 Å². The second-order valence-corrected chi connectivity index (χ2v) is 11.7. The third-order valence-corrected chi connectivity index (χ3v) is 7.51. The average Bonchev–Trinajstić information content (AvgIpc) is 2.96. The first-order valence-electron chi connectivity index (χ1n) is 13.8. The van der Waals surface area contributed by atoms with Crippen LogP contribution in [0.15, 0.2) is 0 Å². The molecule has 3 rings (SSSR count). The molecule has 2 heterocycles. The van der Waals surface area contributed by atoms with E-state index in [0.29, 0.717) is 0 Å². The quantitative estimate of drug-likeness (QED) is 0.0950. The molecule has 22 nitrogen and oxygen atoms in total. The van der Waals surface area contributed by atoms with Gasteiger partial charge in [0.05, 0.1) is 18.7 Å². The van der Waals surface area contributed by atoms with Gasteiger partial charge in [-0.3, -0.25) is 13.9 Å². The van der Waals surface area contributed by atoms with Gasteiger partial charge in [-0.15, -0.1) is 0 Å². The van der Waals surface area contributed by atoms with Crippen molar-refractivity contribution in [2.45, 2.75) is 111 Å². The van der Waals surface area contributed by atoms with Crippen LogP contribution < -0.4 is 28.3 Å². The van der Waals surface area contributed by atoms with Crippen molar-refractivity contribution in [3.63, 3.8) is 0 Å². The number of carbonyl (C=O) groups is 1. The summed E-state index contributed by atoms with van der Waals surface area (Å²) in [6.07, 6.45) is -19.8. The van der Waals surface area contributed by atoms with Gasteiger partial charge in [0.2, 0.25) is 5.91 Å². The standard InChI is InChI=1S/C22H43N5O13.H2O4S/c23-2-1-8(29)20(36)27-7-3-6(25)18(39-22-16(34)15(33)13(31)9(4-24)37-22)17(35)19(7)40-21-14(32)11(26)12(30)10(5-28)38-21;1-5(2,3)4/h6-19,21-22,28-35H,1-5,23-26H2,(H,27,36);(H2,1,2,3,4). The molecule has 0 aromatic heterocycles. The maximum atomic E-state index is 12.6. The van der Waals surface area contributed by atoms with Gasteiger partial charge in [0.25, 0.3) is 0 Å². The van der Waals surface area contributed by atoms with Crippen molar-refractivity contribution < 1.29 is 82.1 Å². The molecule has 0 bridgehead atoms. The maximum absolute atomic E-state index is 12.6. The van der Waals surface area contributed by atoms with Gasteiger partial charge in [-0.05, 0) is 19.4 Å². The number of aliphatic hydroxyl groups is 8. The molecule has 23 heteroatoms. The Morgan fingerprint density at radius 3 is 1.91 bits per heavy atom. The van der Waals surface area contributed by atoms with Gasteiger partial charge in [0, 0.05) is 12.6 Å². The Morgan fingerprint density at radius 1 is 0.844 bits per heavy atom. The van der Waals surface area contributed by atoms with Crippen LogP contribution in [0.25, 0.3) is 0 Å². The third-order valence-electron chi connectivity index (χ3n) is 7.51. The lowest BCUT2D eigenvalue weighted by Crippen LogP contribution is -2.69. The SMILES string of the molecule is NCCC(O)C(=O)NC1CC(N)C(OC2OC(CN)C(O)C(O)C2O)C(O)C1OC1OC(CO)C(O)C(N)C1O.O=S(=O)(O)O. The van der Waals surface area contributed by atoms with Crippen molar-refractivity contribution in [1.82, 2.24) is 5.32 Å². The van der Waals surface area contributed by atoms with E-state index < -0.39 is 121 Å². The monoisotopic (exact) mass is 683 g/mol. The number of carbonyl (C=O) groups excluding carboxylic acids is 1. The lowest BCUT2D eigenvalue weighted by Gasteiger charge is -2.49. The number of amides is 1. The van der Waals surface area contributed by atoms with Crippen LogP contribution in [0.2, 0.25) is 0 Å². The van der Waals surface area contributed by atoms with E-state index in [0.717, 1.165) is 0 Å². The van der Waals surface area contributed by atoms with Crippen molar-refractivity contribution in [1.29, 1.82) is 0 Å². The van der Waals surface area contributed by atoms with E-state index in [1.54, 1.807) is 0 Å². The normalized spacial score (nSPS) is 43.1. The highest BCUT2D eigenvalue weighted by atomic mass is 32.3. The van der Waals surface area contributed by atoms with E-state index in [2.05, 4.69) is 5.32 Å². The van der Waals surface area contributed by atoms with Crippen LogP contribution >= 0.6 is 0 Å². The molecule has 3 fully saturated rings. The summed E-state index contributed by atoms with van der Waals surface area (Å²) < 4.78 is 54.1. The fraction of sp³-hybridized carbons (Fsp3) is 0.955. The Balaban J connectivity index is 0.00000130. The van der Waals surface area contributed by atoms with Crippen LogP contribution in [0.5, 0.6) is 0 Å². The maximum Gasteiger partial charge on any atom is 0.394 e. The fourth-order valence-electron chi connectivity index (χ4n) is 5.07. The van der Waals surface area contributed by atoms with Crippen molar-refractivity contribution >= 4 is 16.3 Å². The van der Waals surface area contributed by atoms with Gasteiger partial charge in [-0.25, -0.2) is 0 Å². The lowest BCUT2D eigenvalue weighted by molar-refractivity contribution is -0.332.